The van der Waals surface area contributed by atoms with E-state index in [0.29, 0.717) is 6.54 Å². The van der Waals surface area contributed by atoms with Gasteiger partial charge in [0.05, 0.1) is 12.4 Å². The highest BCUT2D eigenvalue weighted by molar-refractivity contribution is 4.60. The molecule has 2 heteroatoms. The van der Waals surface area contributed by atoms with E-state index in [0.717, 1.165) is 12.8 Å². The van der Waals surface area contributed by atoms with Crippen molar-refractivity contribution in [2.24, 2.45) is 5.73 Å². The maximum atomic E-state index is 5.32. The fourth-order valence-corrected chi connectivity index (χ4v) is 0.690. The van der Waals surface area contributed by atoms with Gasteiger partial charge in [-0.25, -0.2) is 0 Å². The molecule has 0 aliphatic heterocycles. The molecule has 0 aromatic heterocycles. The Morgan fingerprint density at radius 2 is 2.44 bits per heavy atom. The molecule has 0 aliphatic carbocycles. The minimum atomic E-state index is 0.271. The normalized spacial score (nSPS) is 12.7. The lowest BCUT2D eigenvalue weighted by Gasteiger charge is -2.11. The molecule has 1 atom stereocenters. The van der Waals surface area contributed by atoms with Crippen molar-refractivity contribution in [3.63, 3.8) is 0 Å². The maximum absolute atomic E-state index is 5.32. The van der Waals surface area contributed by atoms with Gasteiger partial charge in [0.1, 0.15) is 0 Å². The lowest BCUT2D eigenvalue weighted by atomic mass is 10.2. The van der Waals surface area contributed by atoms with E-state index in [1.165, 1.54) is 6.26 Å². The average Bonchev–Trinajstić information content (AvgIpc) is 1.88. The summed E-state index contributed by atoms with van der Waals surface area (Å²) in [7, 11) is 0. The third-order valence-corrected chi connectivity index (χ3v) is 1.23. The molecule has 0 rings (SSSR count). The Labute approximate surface area is 56.7 Å². The van der Waals surface area contributed by atoms with Crippen LogP contribution in [0.3, 0.4) is 0 Å². The van der Waals surface area contributed by atoms with Gasteiger partial charge in [0.25, 0.3) is 0 Å². The zero-order valence-corrected chi connectivity index (χ0v) is 5.97. The average molecular weight is 129 g/mol. The van der Waals surface area contributed by atoms with Crippen LogP contribution in [-0.4, -0.2) is 12.6 Å². The summed E-state index contributed by atoms with van der Waals surface area (Å²) in [5.41, 5.74) is 5.32. The van der Waals surface area contributed by atoms with E-state index in [1.807, 2.05) is 0 Å². The lowest BCUT2D eigenvalue weighted by molar-refractivity contribution is 0.135. The number of nitrogens with two attached hydrogens (primary N) is 1. The number of hydrogen-bond donors (Lipinski definition) is 1. The van der Waals surface area contributed by atoms with Crippen LogP contribution in [-0.2, 0) is 4.74 Å². The molecule has 9 heavy (non-hydrogen) atoms. The second-order valence-electron chi connectivity index (χ2n) is 1.91. The van der Waals surface area contributed by atoms with E-state index in [1.54, 1.807) is 0 Å². The first-order chi connectivity index (χ1) is 4.35. The monoisotopic (exact) mass is 129 g/mol. The highest BCUT2D eigenvalue weighted by Crippen LogP contribution is 2.01. The molecule has 0 heterocycles. The summed E-state index contributed by atoms with van der Waals surface area (Å²) in [6, 6.07) is 0. The minimum Gasteiger partial charge on any atom is -0.499 e. The van der Waals surface area contributed by atoms with Gasteiger partial charge in [-0.1, -0.05) is 13.5 Å². The van der Waals surface area contributed by atoms with Gasteiger partial charge < -0.3 is 10.5 Å². The molecule has 0 amide bonds. The van der Waals surface area contributed by atoms with Crippen LogP contribution in [0, 0.1) is 0 Å². The first kappa shape index (κ1) is 8.50. The molecule has 0 saturated carbocycles. The van der Waals surface area contributed by atoms with E-state index in [-0.39, 0.29) is 6.10 Å². The Kier molecular flexibility index (Phi) is 5.32. The topological polar surface area (TPSA) is 35.2 Å². The number of ether oxygens (including phenoxy) is 1. The Bertz CT molecular complexity index is 73.3. The maximum Gasteiger partial charge on any atom is 0.0987 e. The third-order valence-electron chi connectivity index (χ3n) is 1.23. The Balaban J connectivity index is 3.28. The molecule has 0 bridgehead atoms. The van der Waals surface area contributed by atoms with Gasteiger partial charge in [-0.05, 0) is 19.4 Å². The van der Waals surface area contributed by atoms with E-state index in [4.69, 9.17) is 10.5 Å². The zero-order valence-electron chi connectivity index (χ0n) is 5.97. The van der Waals surface area contributed by atoms with Gasteiger partial charge in [-0.2, -0.15) is 0 Å². The Morgan fingerprint density at radius 3 is 2.78 bits per heavy atom. The van der Waals surface area contributed by atoms with Crippen molar-refractivity contribution in [1.82, 2.24) is 0 Å². The molecule has 2 N–H and O–H groups in total. The molecule has 1 unspecified atom stereocenters. The van der Waals surface area contributed by atoms with Crippen molar-refractivity contribution in [3.8, 4) is 0 Å². The Morgan fingerprint density at radius 1 is 1.78 bits per heavy atom. The largest absolute Gasteiger partial charge is 0.499 e. The summed E-state index contributed by atoms with van der Waals surface area (Å²) in [5.74, 6) is 0. The molecule has 0 fully saturated rings. The molecule has 0 aromatic carbocycles. The summed E-state index contributed by atoms with van der Waals surface area (Å²) in [6.07, 6.45) is 3.67. The first-order valence-corrected chi connectivity index (χ1v) is 3.31. The predicted octanol–water partition coefficient (Wildman–Crippen LogP) is 1.27. The van der Waals surface area contributed by atoms with Gasteiger partial charge in [-0.15, -0.1) is 0 Å². The van der Waals surface area contributed by atoms with Crippen LogP contribution in [0.15, 0.2) is 12.8 Å². The highest BCUT2D eigenvalue weighted by atomic mass is 16.5. The second kappa shape index (κ2) is 5.63. The van der Waals surface area contributed by atoms with E-state index in [2.05, 4.69) is 13.5 Å². The summed E-state index contributed by atoms with van der Waals surface area (Å²) < 4.78 is 5.12. The van der Waals surface area contributed by atoms with Crippen LogP contribution in [0.5, 0.6) is 0 Å². The predicted molar refractivity (Wildman–Crippen MR) is 39.0 cm³/mol. The van der Waals surface area contributed by atoms with Crippen molar-refractivity contribution >= 4 is 0 Å². The smallest absolute Gasteiger partial charge is 0.0987 e. The van der Waals surface area contributed by atoms with Crippen molar-refractivity contribution in [2.45, 2.75) is 25.9 Å². The molecule has 2 nitrogen and oxygen atoms in total. The SMILES string of the molecule is C=COC(CC)CCN. The van der Waals surface area contributed by atoms with Crippen LogP contribution in [0.2, 0.25) is 0 Å². The van der Waals surface area contributed by atoms with Crippen molar-refractivity contribution in [2.75, 3.05) is 6.54 Å². The van der Waals surface area contributed by atoms with Gasteiger partial charge in [0.2, 0.25) is 0 Å². The Hall–Kier alpha value is -0.500. The molecular weight excluding hydrogens is 114 g/mol. The van der Waals surface area contributed by atoms with E-state index in [9.17, 15) is 0 Å². The van der Waals surface area contributed by atoms with Crippen LogP contribution >= 0.6 is 0 Å². The summed E-state index contributed by atoms with van der Waals surface area (Å²) >= 11 is 0. The molecule has 0 radical (unpaired) electrons. The first-order valence-electron chi connectivity index (χ1n) is 3.31. The molecule has 0 aliphatic rings. The van der Waals surface area contributed by atoms with Crippen LogP contribution in [0.25, 0.3) is 0 Å². The van der Waals surface area contributed by atoms with Gasteiger partial charge >= 0.3 is 0 Å². The zero-order chi connectivity index (χ0) is 7.11. The summed E-state index contributed by atoms with van der Waals surface area (Å²) in [4.78, 5) is 0. The van der Waals surface area contributed by atoms with Crippen LogP contribution < -0.4 is 5.73 Å². The molecule has 0 aromatic rings. The highest BCUT2D eigenvalue weighted by Gasteiger charge is 2.01. The minimum absolute atomic E-state index is 0.271. The quantitative estimate of drug-likeness (QED) is 0.567. The molecule has 0 spiro atoms. The van der Waals surface area contributed by atoms with Crippen molar-refractivity contribution < 1.29 is 4.74 Å². The molecule has 0 saturated heterocycles. The molecule has 54 valence electrons. The lowest BCUT2D eigenvalue weighted by Crippen LogP contribution is -2.14. The van der Waals surface area contributed by atoms with Gasteiger partial charge in [-0.3, -0.25) is 0 Å². The van der Waals surface area contributed by atoms with Gasteiger partial charge in [0.15, 0.2) is 0 Å². The number of hydrogen-bond acceptors (Lipinski definition) is 2. The molecular formula is C7H15NO. The fourth-order valence-electron chi connectivity index (χ4n) is 0.690. The summed E-state index contributed by atoms with van der Waals surface area (Å²) in [6.45, 7) is 6.23. The van der Waals surface area contributed by atoms with Crippen LogP contribution in [0.1, 0.15) is 19.8 Å². The fraction of sp³-hybridized carbons (Fsp3) is 0.714. The second-order valence-corrected chi connectivity index (χ2v) is 1.91. The van der Waals surface area contributed by atoms with Gasteiger partial charge in [0, 0.05) is 0 Å². The standard InChI is InChI=1S/C7H15NO/c1-3-7(5-6-8)9-4-2/h4,7H,2-3,5-6,8H2,1H3. The van der Waals surface area contributed by atoms with Crippen molar-refractivity contribution in [1.29, 1.82) is 0 Å². The van der Waals surface area contributed by atoms with Crippen molar-refractivity contribution in [3.05, 3.63) is 12.8 Å². The van der Waals surface area contributed by atoms with E-state index >= 15 is 0 Å². The third kappa shape index (κ3) is 4.03. The number of rotatable bonds is 5. The van der Waals surface area contributed by atoms with Crippen LogP contribution in [0.4, 0.5) is 0 Å². The van der Waals surface area contributed by atoms with E-state index < -0.39 is 0 Å². The summed E-state index contributed by atoms with van der Waals surface area (Å²) in [5, 5.41) is 0.